The molecule has 1 heterocycles. The predicted octanol–water partition coefficient (Wildman–Crippen LogP) is 5.13. The number of piperidine rings is 1. The lowest BCUT2D eigenvalue weighted by molar-refractivity contribution is 0.183. The number of hydrogen-bond acceptors (Lipinski definition) is 2. The van der Waals surface area contributed by atoms with Crippen molar-refractivity contribution in [1.82, 2.24) is 4.90 Å². The first-order valence-electron chi connectivity index (χ1n) is 8.45. The van der Waals surface area contributed by atoms with Crippen molar-refractivity contribution in [2.24, 2.45) is 0 Å². The molecule has 1 aliphatic heterocycles. The van der Waals surface area contributed by atoms with Crippen LogP contribution in [0.15, 0.2) is 42.5 Å². The van der Waals surface area contributed by atoms with Gasteiger partial charge in [0.25, 0.3) is 0 Å². The molecule has 0 aromatic heterocycles. The van der Waals surface area contributed by atoms with Crippen molar-refractivity contribution in [3.05, 3.63) is 51.6 Å². The minimum absolute atomic E-state index is 0.779. The second-order valence-corrected chi connectivity index (χ2v) is 7.35. The van der Waals surface area contributed by atoms with E-state index in [9.17, 15) is 0 Å². The molecule has 0 unspecified atom stereocenters. The molecule has 1 fully saturated rings. The summed E-state index contributed by atoms with van der Waals surface area (Å²) in [6.45, 7) is 6.46. The van der Waals surface area contributed by atoms with Crippen molar-refractivity contribution in [3.63, 3.8) is 0 Å². The average Bonchev–Trinajstić information content (AvgIpc) is 2.59. The van der Waals surface area contributed by atoms with Crippen LogP contribution in [0.5, 0.6) is 5.75 Å². The highest BCUT2D eigenvalue weighted by molar-refractivity contribution is 14.1. The van der Waals surface area contributed by atoms with Crippen molar-refractivity contribution in [2.45, 2.75) is 26.2 Å². The minimum Gasteiger partial charge on any atom is -0.492 e. The standard InChI is InChI=1S/C20H24INO/c1-16-19(6-5-7-20(16)21)17-8-10-18(11-9-17)23-15-14-22-12-3-2-4-13-22/h5-11H,2-4,12-15H2,1H3. The molecule has 0 aliphatic carbocycles. The maximum atomic E-state index is 5.91. The van der Waals surface area contributed by atoms with Crippen molar-refractivity contribution >= 4 is 22.6 Å². The molecular weight excluding hydrogens is 397 g/mol. The number of rotatable bonds is 5. The van der Waals surface area contributed by atoms with E-state index < -0.39 is 0 Å². The van der Waals surface area contributed by atoms with E-state index in [1.165, 1.54) is 52.6 Å². The van der Waals surface area contributed by atoms with Crippen LogP contribution in [0, 0.1) is 10.5 Å². The summed E-state index contributed by atoms with van der Waals surface area (Å²) in [7, 11) is 0. The van der Waals surface area contributed by atoms with Crippen LogP contribution in [0.3, 0.4) is 0 Å². The lowest BCUT2D eigenvalue weighted by Gasteiger charge is -2.26. The zero-order chi connectivity index (χ0) is 16.1. The molecule has 1 aliphatic rings. The molecule has 0 spiro atoms. The van der Waals surface area contributed by atoms with E-state index in [0.717, 1.165) is 18.9 Å². The highest BCUT2D eigenvalue weighted by Gasteiger charge is 2.09. The first kappa shape index (κ1) is 16.8. The largest absolute Gasteiger partial charge is 0.492 e. The Hall–Kier alpha value is -1.07. The molecule has 23 heavy (non-hydrogen) atoms. The van der Waals surface area contributed by atoms with Gasteiger partial charge in [0, 0.05) is 10.1 Å². The number of hydrogen-bond donors (Lipinski definition) is 0. The van der Waals surface area contributed by atoms with Gasteiger partial charge in [-0.2, -0.15) is 0 Å². The molecule has 0 saturated carbocycles. The number of benzene rings is 2. The van der Waals surface area contributed by atoms with E-state index in [1.54, 1.807) is 0 Å². The van der Waals surface area contributed by atoms with Gasteiger partial charge in [-0.15, -0.1) is 0 Å². The van der Waals surface area contributed by atoms with Gasteiger partial charge < -0.3 is 4.74 Å². The van der Waals surface area contributed by atoms with Crippen LogP contribution in [-0.4, -0.2) is 31.1 Å². The van der Waals surface area contributed by atoms with E-state index in [1.807, 2.05) is 0 Å². The number of likely N-dealkylation sites (tertiary alicyclic amines) is 1. The van der Waals surface area contributed by atoms with Gasteiger partial charge in [0.05, 0.1) is 0 Å². The molecule has 122 valence electrons. The molecule has 3 heteroatoms. The summed E-state index contributed by atoms with van der Waals surface area (Å²) in [6, 6.07) is 15.0. The molecule has 0 N–H and O–H groups in total. The normalized spacial score (nSPS) is 15.6. The smallest absolute Gasteiger partial charge is 0.119 e. The third-order valence-electron chi connectivity index (χ3n) is 4.56. The lowest BCUT2D eigenvalue weighted by Crippen LogP contribution is -2.33. The summed E-state index contributed by atoms with van der Waals surface area (Å²) in [5.74, 6) is 0.967. The van der Waals surface area contributed by atoms with E-state index in [0.29, 0.717) is 0 Å². The Labute approximate surface area is 153 Å². The monoisotopic (exact) mass is 421 g/mol. The minimum atomic E-state index is 0.779. The van der Waals surface area contributed by atoms with Gasteiger partial charge in [-0.25, -0.2) is 0 Å². The average molecular weight is 421 g/mol. The Morgan fingerprint density at radius 1 is 1.00 bits per heavy atom. The summed E-state index contributed by atoms with van der Waals surface area (Å²) >= 11 is 2.39. The quantitative estimate of drug-likeness (QED) is 0.621. The second-order valence-electron chi connectivity index (χ2n) is 6.19. The Morgan fingerprint density at radius 2 is 1.74 bits per heavy atom. The van der Waals surface area contributed by atoms with Crippen molar-refractivity contribution in [2.75, 3.05) is 26.2 Å². The van der Waals surface area contributed by atoms with Crippen LogP contribution >= 0.6 is 22.6 Å². The number of halogens is 1. The summed E-state index contributed by atoms with van der Waals surface area (Å²) in [6.07, 6.45) is 4.06. The van der Waals surface area contributed by atoms with Crippen molar-refractivity contribution < 1.29 is 4.74 Å². The van der Waals surface area contributed by atoms with Crippen LogP contribution < -0.4 is 4.74 Å². The summed E-state index contributed by atoms with van der Waals surface area (Å²) in [5, 5.41) is 0. The third kappa shape index (κ3) is 4.48. The summed E-state index contributed by atoms with van der Waals surface area (Å²) in [5.41, 5.74) is 3.90. The zero-order valence-electron chi connectivity index (χ0n) is 13.7. The summed E-state index contributed by atoms with van der Waals surface area (Å²) < 4.78 is 7.22. The van der Waals surface area contributed by atoms with Crippen molar-refractivity contribution in [1.29, 1.82) is 0 Å². The van der Waals surface area contributed by atoms with Gasteiger partial charge in [-0.1, -0.05) is 30.7 Å². The van der Waals surface area contributed by atoms with E-state index >= 15 is 0 Å². The zero-order valence-corrected chi connectivity index (χ0v) is 15.9. The lowest BCUT2D eigenvalue weighted by atomic mass is 10.0. The molecular formula is C20H24INO. The molecule has 2 aromatic rings. The Morgan fingerprint density at radius 3 is 2.48 bits per heavy atom. The Balaban J connectivity index is 1.57. The fourth-order valence-electron chi connectivity index (χ4n) is 3.13. The number of nitrogens with zero attached hydrogens (tertiary/aromatic N) is 1. The molecule has 0 amide bonds. The first-order valence-corrected chi connectivity index (χ1v) is 9.52. The van der Waals surface area contributed by atoms with Crippen LogP contribution in [0.1, 0.15) is 24.8 Å². The SMILES string of the molecule is Cc1c(I)cccc1-c1ccc(OCCN2CCCCC2)cc1. The van der Waals surface area contributed by atoms with Crippen LogP contribution in [0.2, 0.25) is 0 Å². The maximum Gasteiger partial charge on any atom is 0.119 e. The summed E-state index contributed by atoms with van der Waals surface area (Å²) in [4.78, 5) is 2.51. The Bertz CT molecular complexity index is 633. The molecule has 0 radical (unpaired) electrons. The van der Waals surface area contributed by atoms with Crippen LogP contribution in [0.4, 0.5) is 0 Å². The van der Waals surface area contributed by atoms with Gasteiger partial charge in [-0.05, 0) is 90.3 Å². The van der Waals surface area contributed by atoms with Gasteiger partial charge in [0.2, 0.25) is 0 Å². The van der Waals surface area contributed by atoms with Crippen LogP contribution in [0.25, 0.3) is 11.1 Å². The predicted molar refractivity (Wildman–Crippen MR) is 105 cm³/mol. The van der Waals surface area contributed by atoms with Crippen LogP contribution in [-0.2, 0) is 0 Å². The molecule has 2 aromatic carbocycles. The van der Waals surface area contributed by atoms with Gasteiger partial charge >= 0.3 is 0 Å². The molecule has 1 saturated heterocycles. The van der Waals surface area contributed by atoms with Gasteiger partial charge in [0.1, 0.15) is 12.4 Å². The van der Waals surface area contributed by atoms with E-state index in [2.05, 4.69) is 76.9 Å². The molecule has 2 nitrogen and oxygen atoms in total. The molecule has 0 atom stereocenters. The second kappa shape index (κ2) is 8.15. The van der Waals surface area contributed by atoms with Gasteiger partial charge in [-0.3, -0.25) is 4.90 Å². The van der Waals surface area contributed by atoms with E-state index in [-0.39, 0.29) is 0 Å². The topological polar surface area (TPSA) is 12.5 Å². The molecule has 0 bridgehead atoms. The van der Waals surface area contributed by atoms with Gasteiger partial charge in [0.15, 0.2) is 0 Å². The first-order chi connectivity index (χ1) is 11.2. The third-order valence-corrected chi connectivity index (χ3v) is 5.73. The Kier molecular flexibility index (Phi) is 5.95. The van der Waals surface area contributed by atoms with E-state index in [4.69, 9.17) is 4.74 Å². The number of ether oxygens (including phenoxy) is 1. The fourth-order valence-corrected chi connectivity index (χ4v) is 3.62. The highest BCUT2D eigenvalue weighted by Crippen LogP contribution is 2.28. The fraction of sp³-hybridized carbons (Fsp3) is 0.400. The maximum absolute atomic E-state index is 5.91. The molecule has 3 rings (SSSR count). The van der Waals surface area contributed by atoms with Crippen molar-refractivity contribution in [3.8, 4) is 16.9 Å². The highest BCUT2D eigenvalue weighted by atomic mass is 127.